The second-order valence-electron chi connectivity index (χ2n) is 5.57. The molecule has 0 saturated heterocycles. The summed E-state index contributed by atoms with van der Waals surface area (Å²) in [5, 5.41) is 3.66. The van der Waals surface area contributed by atoms with E-state index in [1.165, 1.54) is 11.8 Å². The molecule has 3 N–H and O–H groups in total. The number of aryl methyl sites for hydroxylation is 2. The molecule has 0 spiro atoms. The molecule has 6 nitrogen and oxygen atoms in total. The third kappa shape index (κ3) is 5.72. The normalized spacial score (nSPS) is 10.6. The summed E-state index contributed by atoms with van der Waals surface area (Å²) >= 11 is 1.52. The molecule has 1 aromatic heterocycles. The zero-order valence-electron chi connectivity index (χ0n) is 14.8. The number of nitrogens with two attached hydrogens (primary N) is 1. The molecule has 0 bridgehead atoms. The Bertz CT molecular complexity index is 697. The summed E-state index contributed by atoms with van der Waals surface area (Å²) in [6.07, 6.45) is 2.96. The standard InChI is InChI=1S/C18H24N4O2S/c1-12-16(13(2)21-18(20-12)25-3)8-9-17(23)22-14-4-6-15(7-5-14)24-11-10-19/h4-7H,8-11,19H2,1-3H3,(H,22,23). The fraction of sp³-hybridized carbons (Fsp3) is 0.389. The molecule has 0 aliphatic rings. The van der Waals surface area contributed by atoms with Crippen molar-refractivity contribution in [2.75, 3.05) is 24.7 Å². The Morgan fingerprint density at radius 1 is 1.20 bits per heavy atom. The molecule has 7 heteroatoms. The zero-order chi connectivity index (χ0) is 18.2. The average molecular weight is 360 g/mol. The second-order valence-corrected chi connectivity index (χ2v) is 6.34. The number of amides is 1. The van der Waals surface area contributed by atoms with Crippen molar-refractivity contribution >= 4 is 23.4 Å². The Labute approximate surface area is 152 Å². The van der Waals surface area contributed by atoms with Gasteiger partial charge >= 0.3 is 0 Å². The topological polar surface area (TPSA) is 90.1 Å². The van der Waals surface area contributed by atoms with Gasteiger partial charge in [0.15, 0.2) is 5.16 Å². The number of carbonyl (C=O) groups excluding carboxylic acids is 1. The van der Waals surface area contributed by atoms with Crippen LogP contribution in [0.25, 0.3) is 0 Å². The highest BCUT2D eigenvalue weighted by atomic mass is 32.2. The lowest BCUT2D eigenvalue weighted by atomic mass is 10.1. The molecule has 1 heterocycles. The molecule has 1 aromatic carbocycles. The van der Waals surface area contributed by atoms with Gasteiger partial charge in [-0.25, -0.2) is 9.97 Å². The van der Waals surface area contributed by atoms with Crippen molar-refractivity contribution in [3.05, 3.63) is 41.2 Å². The van der Waals surface area contributed by atoms with Crippen LogP contribution in [0, 0.1) is 13.8 Å². The minimum absolute atomic E-state index is 0.0385. The van der Waals surface area contributed by atoms with Crippen molar-refractivity contribution < 1.29 is 9.53 Å². The van der Waals surface area contributed by atoms with E-state index in [1.54, 1.807) is 0 Å². The summed E-state index contributed by atoms with van der Waals surface area (Å²) < 4.78 is 5.41. The number of carbonyl (C=O) groups is 1. The summed E-state index contributed by atoms with van der Waals surface area (Å²) in [5.41, 5.74) is 9.05. The molecule has 1 amide bonds. The van der Waals surface area contributed by atoms with Crippen molar-refractivity contribution in [3.63, 3.8) is 0 Å². The van der Waals surface area contributed by atoms with E-state index in [-0.39, 0.29) is 5.91 Å². The number of benzene rings is 1. The zero-order valence-corrected chi connectivity index (χ0v) is 15.7. The number of aromatic nitrogens is 2. The van der Waals surface area contributed by atoms with Gasteiger partial charge in [0.25, 0.3) is 0 Å². The van der Waals surface area contributed by atoms with Gasteiger partial charge in [-0.15, -0.1) is 0 Å². The predicted octanol–water partition coefficient (Wildman–Crippen LogP) is 2.72. The molecule has 25 heavy (non-hydrogen) atoms. The molecular formula is C18H24N4O2S. The van der Waals surface area contributed by atoms with Gasteiger partial charge in [0.1, 0.15) is 12.4 Å². The minimum atomic E-state index is -0.0385. The fourth-order valence-corrected chi connectivity index (χ4v) is 2.89. The lowest BCUT2D eigenvalue weighted by molar-refractivity contribution is -0.116. The van der Waals surface area contributed by atoms with Gasteiger partial charge in [-0.2, -0.15) is 0 Å². The predicted molar refractivity (Wildman–Crippen MR) is 101 cm³/mol. The quantitative estimate of drug-likeness (QED) is 0.556. The number of nitrogens with one attached hydrogen (secondary N) is 1. The van der Waals surface area contributed by atoms with Crippen LogP contribution in [0.1, 0.15) is 23.4 Å². The van der Waals surface area contributed by atoms with E-state index in [4.69, 9.17) is 10.5 Å². The van der Waals surface area contributed by atoms with Crippen LogP contribution in [0.15, 0.2) is 29.4 Å². The van der Waals surface area contributed by atoms with Gasteiger partial charge in [0, 0.05) is 30.0 Å². The van der Waals surface area contributed by atoms with Crippen LogP contribution in [0.3, 0.4) is 0 Å². The Hall–Kier alpha value is -2.12. The molecule has 134 valence electrons. The Kier molecular flexibility index (Phi) is 7.21. The maximum absolute atomic E-state index is 12.2. The lowest BCUT2D eigenvalue weighted by Gasteiger charge is -2.11. The summed E-state index contributed by atoms with van der Waals surface area (Å²) in [4.78, 5) is 21.1. The molecule has 2 aromatic rings. The smallest absolute Gasteiger partial charge is 0.224 e. The number of hydrogen-bond donors (Lipinski definition) is 2. The van der Waals surface area contributed by atoms with Crippen molar-refractivity contribution in [1.82, 2.24) is 9.97 Å². The highest BCUT2D eigenvalue weighted by Crippen LogP contribution is 2.18. The van der Waals surface area contributed by atoms with E-state index in [1.807, 2.05) is 44.4 Å². The van der Waals surface area contributed by atoms with Gasteiger partial charge < -0.3 is 15.8 Å². The minimum Gasteiger partial charge on any atom is -0.492 e. The van der Waals surface area contributed by atoms with E-state index in [0.717, 1.165) is 33.5 Å². The van der Waals surface area contributed by atoms with Crippen molar-refractivity contribution in [2.24, 2.45) is 5.73 Å². The average Bonchev–Trinajstić information content (AvgIpc) is 2.60. The third-order valence-electron chi connectivity index (χ3n) is 3.71. The first-order chi connectivity index (χ1) is 12.0. The number of ether oxygens (including phenoxy) is 1. The van der Waals surface area contributed by atoms with Crippen LogP contribution in [0.4, 0.5) is 5.69 Å². The monoisotopic (exact) mass is 360 g/mol. The summed E-state index contributed by atoms with van der Waals surface area (Å²) in [5.74, 6) is 0.698. The number of hydrogen-bond acceptors (Lipinski definition) is 6. The first-order valence-corrected chi connectivity index (χ1v) is 9.37. The number of rotatable bonds is 8. The van der Waals surface area contributed by atoms with Crippen LogP contribution in [-0.2, 0) is 11.2 Å². The lowest BCUT2D eigenvalue weighted by Crippen LogP contribution is -2.14. The van der Waals surface area contributed by atoms with Gasteiger partial charge in [0.2, 0.25) is 5.91 Å². The first kappa shape index (κ1) is 19.2. The van der Waals surface area contributed by atoms with E-state index < -0.39 is 0 Å². The molecule has 2 rings (SSSR count). The number of anilines is 1. The van der Waals surface area contributed by atoms with Crippen LogP contribution in [-0.4, -0.2) is 35.3 Å². The van der Waals surface area contributed by atoms with E-state index >= 15 is 0 Å². The van der Waals surface area contributed by atoms with Gasteiger partial charge in [-0.05, 0) is 56.4 Å². The molecular weight excluding hydrogens is 336 g/mol. The SMILES string of the molecule is CSc1nc(C)c(CCC(=O)Nc2ccc(OCCN)cc2)c(C)n1. The summed E-state index contributed by atoms with van der Waals surface area (Å²) in [6, 6.07) is 7.26. The molecule has 0 aliphatic heterocycles. The molecule has 0 radical (unpaired) electrons. The maximum Gasteiger partial charge on any atom is 0.224 e. The van der Waals surface area contributed by atoms with E-state index in [2.05, 4.69) is 15.3 Å². The van der Waals surface area contributed by atoms with Crippen molar-refractivity contribution in [2.45, 2.75) is 31.8 Å². The maximum atomic E-state index is 12.2. The molecule has 0 fully saturated rings. The van der Waals surface area contributed by atoms with Crippen molar-refractivity contribution in [3.8, 4) is 5.75 Å². The first-order valence-electron chi connectivity index (χ1n) is 8.14. The second kappa shape index (κ2) is 9.39. The largest absolute Gasteiger partial charge is 0.492 e. The van der Waals surface area contributed by atoms with Crippen LogP contribution < -0.4 is 15.8 Å². The molecule has 0 saturated carbocycles. The Balaban J connectivity index is 1.90. The molecule has 0 unspecified atom stereocenters. The third-order valence-corrected chi connectivity index (χ3v) is 4.26. The summed E-state index contributed by atoms with van der Waals surface area (Å²) in [6.45, 7) is 4.87. The van der Waals surface area contributed by atoms with Gasteiger partial charge in [-0.1, -0.05) is 11.8 Å². The molecule has 0 atom stereocenters. The Morgan fingerprint density at radius 2 is 1.84 bits per heavy atom. The van der Waals surface area contributed by atoms with Crippen molar-refractivity contribution in [1.29, 1.82) is 0 Å². The molecule has 0 aliphatic carbocycles. The highest BCUT2D eigenvalue weighted by molar-refractivity contribution is 7.98. The van der Waals surface area contributed by atoms with Crippen LogP contribution in [0.5, 0.6) is 5.75 Å². The number of thioether (sulfide) groups is 1. The Morgan fingerprint density at radius 3 is 2.40 bits per heavy atom. The van der Waals surface area contributed by atoms with Crippen LogP contribution >= 0.6 is 11.8 Å². The highest BCUT2D eigenvalue weighted by Gasteiger charge is 2.11. The van der Waals surface area contributed by atoms with Crippen LogP contribution in [0.2, 0.25) is 0 Å². The van der Waals surface area contributed by atoms with E-state index in [9.17, 15) is 4.79 Å². The van der Waals surface area contributed by atoms with Gasteiger partial charge in [0.05, 0.1) is 0 Å². The number of nitrogens with zero attached hydrogens (tertiary/aromatic N) is 2. The fourth-order valence-electron chi connectivity index (χ4n) is 2.44. The van der Waals surface area contributed by atoms with E-state index in [0.29, 0.717) is 26.0 Å². The summed E-state index contributed by atoms with van der Waals surface area (Å²) in [7, 11) is 0. The van der Waals surface area contributed by atoms with Gasteiger partial charge in [-0.3, -0.25) is 4.79 Å².